The van der Waals surface area contributed by atoms with Crippen molar-refractivity contribution in [3.8, 4) is 0 Å². The molecule has 24 heavy (non-hydrogen) atoms. The van der Waals surface area contributed by atoms with Crippen LogP contribution in [0.25, 0.3) is 0 Å². The fraction of sp³-hybridized carbons (Fsp3) is 0.188. The molecule has 0 bridgehead atoms. The van der Waals surface area contributed by atoms with Crippen LogP contribution in [0.15, 0.2) is 36.4 Å². The number of aromatic nitrogens is 1. The van der Waals surface area contributed by atoms with E-state index in [0.717, 1.165) is 29.5 Å². The molecule has 0 atom stereocenters. The van der Waals surface area contributed by atoms with E-state index in [1.807, 2.05) is 19.1 Å². The molecule has 8 heteroatoms. The number of carbonyl (C=O) groups is 2. The summed E-state index contributed by atoms with van der Waals surface area (Å²) in [7, 11) is 0. The molecule has 2 rings (SSSR count). The summed E-state index contributed by atoms with van der Waals surface area (Å²) in [6.45, 7) is 1.94. The van der Waals surface area contributed by atoms with Gasteiger partial charge in [-0.25, -0.2) is 0 Å². The lowest BCUT2D eigenvalue weighted by Crippen LogP contribution is -2.19. The summed E-state index contributed by atoms with van der Waals surface area (Å²) in [4.78, 5) is 26.4. The van der Waals surface area contributed by atoms with E-state index >= 15 is 0 Å². The monoisotopic (exact) mass is 351 g/mol. The Morgan fingerprint density at radius 3 is 2.25 bits per heavy atom. The van der Waals surface area contributed by atoms with Gasteiger partial charge in [0.1, 0.15) is 0 Å². The average Bonchev–Trinajstić information content (AvgIpc) is 2.52. The molecular formula is C16H15F2N3O2S. The molecule has 0 fully saturated rings. The Morgan fingerprint density at radius 1 is 1.00 bits per heavy atom. The third-order valence-electron chi connectivity index (χ3n) is 2.89. The van der Waals surface area contributed by atoms with Gasteiger partial charge in [0.15, 0.2) is 0 Å². The molecule has 0 saturated carbocycles. The predicted molar refractivity (Wildman–Crippen MR) is 89.9 cm³/mol. The highest BCUT2D eigenvalue weighted by atomic mass is 32.2. The number of benzene rings is 1. The van der Waals surface area contributed by atoms with Gasteiger partial charge in [-0.3, -0.25) is 9.59 Å². The van der Waals surface area contributed by atoms with Crippen LogP contribution in [0.1, 0.15) is 5.56 Å². The van der Waals surface area contributed by atoms with E-state index in [9.17, 15) is 18.4 Å². The molecule has 0 unspecified atom stereocenters. The van der Waals surface area contributed by atoms with Crippen LogP contribution >= 0.6 is 11.8 Å². The van der Waals surface area contributed by atoms with Gasteiger partial charge < -0.3 is 10.6 Å². The molecule has 126 valence electrons. The summed E-state index contributed by atoms with van der Waals surface area (Å²) in [5, 5.41) is 4.98. The Hall–Kier alpha value is -2.48. The second-order valence-corrected chi connectivity index (χ2v) is 5.91. The molecular weight excluding hydrogens is 336 g/mol. The number of nitrogens with one attached hydrogen (secondary N) is 2. The second kappa shape index (κ2) is 8.39. The van der Waals surface area contributed by atoms with Crippen molar-refractivity contribution in [2.24, 2.45) is 0 Å². The lowest BCUT2D eigenvalue weighted by atomic mass is 10.2. The highest BCUT2D eigenvalue weighted by molar-refractivity contribution is 8.00. The topological polar surface area (TPSA) is 71.1 Å². The largest absolute Gasteiger partial charge is 0.325 e. The Morgan fingerprint density at radius 2 is 1.62 bits per heavy atom. The minimum absolute atomic E-state index is 0.0435. The fourth-order valence-corrected chi connectivity index (χ4v) is 2.38. The fourth-order valence-electron chi connectivity index (χ4n) is 1.76. The van der Waals surface area contributed by atoms with Gasteiger partial charge in [0, 0.05) is 5.69 Å². The third kappa shape index (κ3) is 5.62. The summed E-state index contributed by atoms with van der Waals surface area (Å²) in [6, 6.07) is 9.36. The van der Waals surface area contributed by atoms with Gasteiger partial charge in [0.05, 0.1) is 17.2 Å². The summed E-state index contributed by atoms with van der Waals surface area (Å²) < 4.78 is 26.0. The van der Waals surface area contributed by atoms with Crippen molar-refractivity contribution in [3.63, 3.8) is 0 Å². The lowest BCUT2D eigenvalue weighted by Gasteiger charge is -2.07. The molecule has 0 radical (unpaired) electrons. The summed E-state index contributed by atoms with van der Waals surface area (Å²) >= 11 is 1.08. The minimum atomic E-state index is -1.09. The number of hydrogen-bond donors (Lipinski definition) is 2. The average molecular weight is 351 g/mol. The smallest absolute Gasteiger partial charge is 0.239 e. The standard InChI is InChI=1S/C16H15F2N3O2S/c1-10-2-4-11(5-3-10)19-14(22)8-24-9-15(23)20-12-6-7-13(17)21-16(12)18/h2-7H,8-9H2,1H3,(H,19,22)(H,20,23). The number of amides is 2. The first-order valence-corrected chi connectivity index (χ1v) is 8.15. The molecule has 1 aromatic heterocycles. The molecule has 1 aromatic carbocycles. The van der Waals surface area contributed by atoms with Crippen LogP contribution in [0.3, 0.4) is 0 Å². The van der Waals surface area contributed by atoms with E-state index in [2.05, 4.69) is 15.6 Å². The van der Waals surface area contributed by atoms with Crippen molar-refractivity contribution in [2.45, 2.75) is 6.92 Å². The number of hydrogen-bond acceptors (Lipinski definition) is 4. The van der Waals surface area contributed by atoms with Gasteiger partial charge in [-0.1, -0.05) is 17.7 Å². The molecule has 0 saturated heterocycles. The third-order valence-corrected chi connectivity index (χ3v) is 3.82. The van der Waals surface area contributed by atoms with Crippen molar-refractivity contribution >= 4 is 35.0 Å². The second-order valence-electron chi connectivity index (χ2n) is 4.93. The maximum atomic E-state index is 13.3. The first kappa shape index (κ1) is 17.9. The molecule has 2 amide bonds. The number of pyridine rings is 1. The molecule has 0 aliphatic carbocycles. The first-order chi connectivity index (χ1) is 11.4. The van der Waals surface area contributed by atoms with Gasteiger partial charge in [0.25, 0.3) is 0 Å². The maximum absolute atomic E-state index is 13.3. The zero-order valence-electron chi connectivity index (χ0n) is 12.8. The number of nitrogens with zero attached hydrogens (tertiary/aromatic N) is 1. The number of carbonyl (C=O) groups excluding carboxylic acids is 2. The highest BCUT2D eigenvalue weighted by Gasteiger charge is 2.10. The minimum Gasteiger partial charge on any atom is -0.325 e. The van der Waals surface area contributed by atoms with Crippen molar-refractivity contribution < 1.29 is 18.4 Å². The highest BCUT2D eigenvalue weighted by Crippen LogP contribution is 2.13. The predicted octanol–water partition coefficient (Wildman–Crippen LogP) is 2.98. The van der Waals surface area contributed by atoms with Crippen LogP contribution in [0.2, 0.25) is 0 Å². The van der Waals surface area contributed by atoms with Crippen molar-refractivity contribution in [1.29, 1.82) is 0 Å². The van der Waals surface area contributed by atoms with Gasteiger partial charge in [-0.05, 0) is 31.2 Å². The van der Waals surface area contributed by atoms with Gasteiger partial charge >= 0.3 is 0 Å². The maximum Gasteiger partial charge on any atom is 0.239 e. The van der Waals surface area contributed by atoms with Gasteiger partial charge in [0.2, 0.25) is 23.7 Å². The van der Waals surface area contributed by atoms with Crippen LogP contribution in [-0.4, -0.2) is 28.3 Å². The van der Waals surface area contributed by atoms with Crippen molar-refractivity contribution in [2.75, 3.05) is 22.1 Å². The van der Waals surface area contributed by atoms with Crippen molar-refractivity contribution in [3.05, 3.63) is 53.9 Å². The van der Waals surface area contributed by atoms with Crippen LogP contribution in [0.4, 0.5) is 20.2 Å². The van der Waals surface area contributed by atoms with Crippen LogP contribution in [0, 0.1) is 18.8 Å². The molecule has 0 spiro atoms. The number of halogens is 2. The number of rotatable bonds is 6. The van der Waals surface area contributed by atoms with E-state index in [1.54, 1.807) is 12.1 Å². The Bertz CT molecular complexity index is 739. The normalized spacial score (nSPS) is 10.3. The van der Waals surface area contributed by atoms with Gasteiger partial charge in [-0.15, -0.1) is 11.8 Å². The van der Waals surface area contributed by atoms with E-state index in [-0.39, 0.29) is 23.1 Å². The number of aryl methyl sites for hydroxylation is 1. The van der Waals surface area contributed by atoms with E-state index < -0.39 is 17.8 Å². The van der Waals surface area contributed by atoms with Crippen LogP contribution in [-0.2, 0) is 9.59 Å². The molecule has 0 aliphatic rings. The molecule has 1 heterocycles. The SMILES string of the molecule is Cc1ccc(NC(=O)CSCC(=O)Nc2ccc(F)nc2F)cc1. The molecule has 2 aromatic rings. The Kier molecular flexibility index (Phi) is 6.25. The molecule has 5 nitrogen and oxygen atoms in total. The quantitative estimate of drug-likeness (QED) is 0.785. The van der Waals surface area contributed by atoms with E-state index in [4.69, 9.17) is 0 Å². The number of anilines is 2. The number of thioether (sulfide) groups is 1. The lowest BCUT2D eigenvalue weighted by molar-refractivity contribution is -0.114. The van der Waals surface area contributed by atoms with Gasteiger partial charge in [-0.2, -0.15) is 13.8 Å². The van der Waals surface area contributed by atoms with E-state index in [0.29, 0.717) is 5.69 Å². The summed E-state index contributed by atoms with van der Waals surface area (Å²) in [5.41, 5.74) is 1.56. The zero-order valence-corrected chi connectivity index (χ0v) is 13.6. The van der Waals surface area contributed by atoms with Crippen LogP contribution < -0.4 is 10.6 Å². The molecule has 2 N–H and O–H groups in total. The van der Waals surface area contributed by atoms with E-state index in [1.165, 1.54) is 0 Å². The summed E-state index contributed by atoms with van der Waals surface area (Å²) in [5.74, 6) is -2.77. The van der Waals surface area contributed by atoms with Crippen molar-refractivity contribution in [1.82, 2.24) is 4.98 Å². The zero-order chi connectivity index (χ0) is 17.5. The molecule has 0 aliphatic heterocycles. The summed E-state index contributed by atoms with van der Waals surface area (Å²) in [6.07, 6.45) is 0. The Balaban J connectivity index is 1.73. The Labute approximate surface area is 141 Å². The van der Waals surface area contributed by atoms with Crippen LogP contribution in [0.5, 0.6) is 0 Å². The first-order valence-electron chi connectivity index (χ1n) is 7.00.